The van der Waals surface area contributed by atoms with E-state index in [0.29, 0.717) is 0 Å². The van der Waals surface area contributed by atoms with Gasteiger partial charge in [-0.3, -0.25) is 0 Å². The highest BCUT2D eigenvalue weighted by molar-refractivity contribution is 9.10. The van der Waals surface area contributed by atoms with Crippen molar-refractivity contribution >= 4 is 21.6 Å². The topological polar surface area (TPSA) is 24.1 Å². The molecule has 0 radical (unpaired) electrons. The molecule has 0 aliphatic heterocycles. The molecule has 0 unspecified atom stereocenters. The van der Waals surface area contributed by atoms with Crippen molar-refractivity contribution in [3.05, 3.63) is 28.2 Å². The van der Waals surface area contributed by atoms with Crippen molar-refractivity contribution < 1.29 is 0 Å². The van der Waals surface area contributed by atoms with Crippen LogP contribution in [-0.4, -0.2) is 19.6 Å². The summed E-state index contributed by atoms with van der Waals surface area (Å²) in [5.41, 5.74) is 2.53. The number of aryl methyl sites for hydroxylation is 1. The second-order valence-corrected chi connectivity index (χ2v) is 6.21. The Bertz CT molecular complexity index is 384. The van der Waals surface area contributed by atoms with Crippen LogP contribution in [-0.2, 0) is 0 Å². The molecular weight excluding hydrogens is 288 g/mol. The lowest BCUT2D eigenvalue weighted by atomic mass is 9.86. The molecule has 2 N–H and O–H groups in total. The highest BCUT2D eigenvalue weighted by Gasteiger charge is 2.19. The molecule has 3 heteroatoms. The Balaban J connectivity index is 1.79. The number of benzene rings is 1. The summed E-state index contributed by atoms with van der Waals surface area (Å²) in [5, 5.41) is 6.96. The fourth-order valence-corrected chi connectivity index (χ4v) is 2.92. The average molecular weight is 311 g/mol. The lowest BCUT2D eigenvalue weighted by Crippen LogP contribution is -2.32. The van der Waals surface area contributed by atoms with Crippen LogP contribution in [0.25, 0.3) is 0 Å². The van der Waals surface area contributed by atoms with Gasteiger partial charge >= 0.3 is 0 Å². The van der Waals surface area contributed by atoms with Crippen LogP contribution in [0.4, 0.5) is 5.69 Å². The van der Waals surface area contributed by atoms with E-state index in [1.807, 2.05) is 0 Å². The standard InChI is InChI=1S/C15H23BrN2/c1-11-9-14(7-8-15(11)16)18-10-12-3-5-13(17-2)6-4-12/h7-9,12-13,17-18H,3-6,10H2,1-2H3. The second kappa shape index (κ2) is 6.58. The first-order chi connectivity index (χ1) is 8.69. The van der Waals surface area contributed by atoms with Crippen LogP contribution in [0.1, 0.15) is 31.2 Å². The van der Waals surface area contributed by atoms with Gasteiger partial charge in [-0.1, -0.05) is 15.9 Å². The van der Waals surface area contributed by atoms with Crippen LogP contribution < -0.4 is 10.6 Å². The third-order valence-electron chi connectivity index (χ3n) is 4.01. The number of hydrogen-bond donors (Lipinski definition) is 2. The van der Waals surface area contributed by atoms with Crippen LogP contribution in [0.15, 0.2) is 22.7 Å². The number of halogens is 1. The van der Waals surface area contributed by atoms with Gasteiger partial charge in [0.1, 0.15) is 0 Å². The lowest BCUT2D eigenvalue weighted by molar-refractivity contribution is 0.312. The molecule has 1 aliphatic carbocycles. The molecule has 0 saturated heterocycles. The van der Waals surface area contributed by atoms with Crippen molar-refractivity contribution in [1.29, 1.82) is 0 Å². The smallest absolute Gasteiger partial charge is 0.0343 e. The summed E-state index contributed by atoms with van der Waals surface area (Å²) >= 11 is 3.54. The third kappa shape index (κ3) is 3.72. The van der Waals surface area contributed by atoms with Crippen molar-refractivity contribution in [2.45, 2.75) is 38.6 Å². The van der Waals surface area contributed by atoms with Crippen LogP contribution in [0.5, 0.6) is 0 Å². The Morgan fingerprint density at radius 3 is 2.56 bits per heavy atom. The molecule has 2 nitrogen and oxygen atoms in total. The van der Waals surface area contributed by atoms with Crippen molar-refractivity contribution in [3.63, 3.8) is 0 Å². The summed E-state index contributed by atoms with van der Waals surface area (Å²) in [7, 11) is 2.08. The Labute approximate surface area is 119 Å². The third-order valence-corrected chi connectivity index (χ3v) is 4.90. The molecule has 0 spiro atoms. The van der Waals surface area contributed by atoms with Crippen molar-refractivity contribution in [3.8, 4) is 0 Å². The quantitative estimate of drug-likeness (QED) is 0.880. The van der Waals surface area contributed by atoms with Gasteiger partial charge in [-0.2, -0.15) is 0 Å². The second-order valence-electron chi connectivity index (χ2n) is 5.35. The molecule has 0 amide bonds. The monoisotopic (exact) mass is 310 g/mol. The van der Waals surface area contributed by atoms with E-state index in [1.165, 1.54) is 41.4 Å². The summed E-state index contributed by atoms with van der Waals surface area (Å²) in [6, 6.07) is 7.23. The molecule has 1 aromatic rings. The molecule has 18 heavy (non-hydrogen) atoms. The zero-order chi connectivity index (χ0) is 13.0. The molecule has 0 heterocycles. The maximum atomic E-state index is 3.57. The first-order valence-electron chi connectivity index (χ1n) is 6.86. The molecule has 0 aromatic heterocycles. The first-order valence-corrected chi connectivity index (χ1v) is 7.65. The number of hydrogen-bond acceptors (Lipinski definition) is 2. The minimum Gasteiger partial charge on any atom is -0.385 e. The van der Waals surface area contributed by atoms with E-state index in [4.69, 9.17) is 0 Å². The van der Waals surface area contributed by atoms with E-state index in [0.717, 1.165) is 18.5 Å². The Hall–Kier alpha value is -0.540. The van der Waals surface area contributed by atoms with E-state index in [1.54, 1.807) is 0 Å². The summed E-state index contributed by atoms with van der Waals surface area (Å²) in [5.74, 6) is 0.832. The molecular formula is C15H23BrN2. The van der Waals surface area contributed by atoms with Gasteiger partial charge < -0.3 is 10.6 Å². The Morgan fingerprint density at radius 1 is 1.22 bits per heavy atom. The Morgan fingerprint density at radius 2 is 1.94 bits per heavy atom. The first kappa shape index (κ1) is 13.9. The molecule has 1 saturated carbocycles. The number of nitrogens with one attached hydrogen (secondary N) is 2. The van der Waals surface area contributed by atoms with Gasteiger partial charge in [-0.25, -0.2) is 0 Å². The number of rotatable bonds is 4. The highest BCUT2D eigenvalue weighted by atomic mass is 79.9. The highest BCUT2D eigenvalue weighted by Crippen LogP contribution is 2.25. The lowest BCUT2D eigenvalue weighted by Gasteiger charge is -2.28. The normalized spacial score (nSPS) is 23.9. The van der Waals surface area contributed by atoms with Gasteiger partial charge in [0, 0.05) is 22.7 Å². The fourth-order valence-electron chi connectivity index (χ4n) is 2.67. The van der Waals surface area contributed by atoms with Crippen molar-refractivity contribution in [1.82, 2.24) is 5.32 Å². The summed E-state index contributed by atoms with van der Waals surface area (Å²) in [6.07, 6.45) is 5.33. The van der Waals surface area contributed by atoms with Crippen LogP contribution >= 0.6 is 15.9 Å². The molecule has 1 fully saturated rings. The maximum absolute atomic E-state index is 3.57. The van der Waals surface area contributed by atoms with Crippen LogP contribution in [0, 0.1) is 12.8 Å². The number of anilines is 1. The van der Waals surface area contributed by atoms with E-state index in [2.05, 4.69) is 58.7 Å². The van der Waals surface area contributed by atoms with Gasteiger partial charge in [-0.05, 0) is 69.3 Å². The summed E-state index contributed by atoms with van der Waals surface area (Å²) in [4.78, 5) is 0. The Kier molecular flexibility index (Phi) is 5.07. The van der Waals surface area contributed by atoms with Gasteiger partial charge in [0.25, 0.3) is 0 Å². The van der Waals surface area contributed by atoms with Crippen LogP contribution in [0.2, 0.25) is 0 Å². The van der Waals surface area contributed by atoms with E-state index in [-0.39, 0.29) is 0 Å². The van der Waals surface area contributed by atoms with Crippen molar-refractivity contribution in [2.75, 3.05) is 18.9 Å². The van der Waals surface area contributed by atoms with E-state index in [9.17, 15) is 0 Å². The molecule has 0 bridgehead atoms. The molecule has 2 rings (SSSR count). The summed E-state index contributed by atoms with van der Waals surface area (Å²) < 4.78 is 1.18. The van der Waals surface area contributed by atoms with Gasteiger partial charge in [0.15, 0.2) is 0 Å². The fraction of sp³-hybridized carbons (Fsp3) is 0.600. The zero-order valence-electron chi connectivity index (χ0n) is 11.3. The molecule has 100 valence electrons. The van der Waals surface area contributed by atoms with Crippen molar-refractivity contribution in [2.24, 2.45) is 5.92 Å². The SMILES string of the molecule is CNC1CCC(CNc2ccc(Br)c(C)c2)CC1. The van der Waals surface area contributed by atoms with Gasteiger partial charge in [0.2, 0.25) is 0 Å². The maximum Gasteiger partial charge on any atom is 0.0343 e. The molecule has 0 atom stereocenters. The van der Waals surface area contributed by atoms with Gasteiger partial charge in [-0.15, -0.1) is 0 Å². The van der Waals surface area contributed by atoms with E-state index >= 15 is 0 Å². The summed E-state index contributed by atoms with van der Waals surface area (Å²) in [6.45, 7) is 3.24. The largest absolute Gasteiger partial charge is 0.385 e. The molecule has 1 aromatic carbocycles. The molecule has 1 aliphatic rings. The van der Waals surface area contributed by atoms with Gasteiger partial charge in [0.05, 0.1) is 0 Å². The average Bonchev–Trinajstić information content (AvgIpc) is 2.41. The van der Waals surface area contributed by atoms with E-state index < -0.39 is 0 Å². The zero-order valence-corrected chi connectivity index (χ0v) is 12.9. The van der Waals surface area contributed by atoms with Crippen LogP contribution in [0.3, 0.4) is 0 Å². The predicted molar refractivity (Wildman–Crippen MR) is 82.2 cm³/mol. The minimum absolute atomic E-state index is 0.746. The predicted octanol–water partition coefficient (Wildman–Crippen LogP) is 3.95. The minimum atomic E-state index is 0.746.